The smallest absolute Gasteiger partial charge is 0.253 e. The van der Waals surface area contributed by atoms with Crippen LogP contribution in [-0.4, -0.2) is 44.3 Å². The van der Waals surface area contributed by atoms with E-state index in [1.807, 2.05) is 0 Å². The van der Waals surface area contributed by atoms with E-state index in [4.69, 9.17) is 4.98 Å². The quantitative estimate of drug-likeness (QED) is 0.478. The number of hydrogen-bond donors (Lipinski definition) is 1. The first-order valence-corrected chi connectivity index (χ1v) is 11.7. The Labute approximate surface area is 198 Å². The number of carbonyl (C=O) groups is 1. The molecule has 1 saturated heterocycles. The molecule has 1 fully saturated rings. The van der Waals surface area contributed by atoms with Crippen molar-refractivity contribution in [3.63, 3.8) is 0 Å². The molecule has 0 atom stereocenters. The van der Waals surface area contributed by atoms with Crippen molar-refractivity contribution >= 4 is 11.6 Å². The minimum Gasteiger partial charge on any atom is -0.349 e. The maximum absolute atomic E-state index is 13.5. The number of piperidine rings is 1. The Bertz CT molecular complexity index is 1320. The Morgan fingerprint density at radius 1 is 1.12 bits per heavy atom. The van der Waals surface area contributed by atoms with Gasteiger partial charge in [-0.3, -0.25) is 14.7 Å². The molecule has 4 aromatic rings. The molecule has 4 heterocycles. The van der Waals surface area contributed by atoms with Crippen molar-refractivity contribution in [2.75, 3.05) is 13.1 Å². The first-order chi connectivity index (χ1) is 16.5. The molecule has 0 bridgehead atoms. The first kappa shape index (κ1) is 22.2. The number of pyridine rings is 2. The lowest BCUT2D eigenvalue weighted by Crippen LogP contribution is -2.44. The Kier molecular flexibility index (Phi) is 6.11. The van der Waals surface area contributed by atoms with Crippen LogP contribution in [0.15, 0.2) is 60.9 Å². The molecule has 5 rings (SSSR count). The van der Waals surface area contributed by atoms with E-state index in [0.29, 0.717) is 16.8 Å². The number of benzene rings is 1. The molecule has 34 heavy (non-hydrogen) atoms. The first-order valence-electron chi connectivity index (χ1n) is 11.7. The van der Waals surface area contributed by atoms with Crippen LogP contribution in [0.1, 0.15) is 40.2 Å². The number of likely N-dealkylation sites (tertiary alicyclic amines) is 1. The average molecular weight is 458 g/mol. The number of nitrogens with one attached hydrogen (secondary N) is 1. The third-order valence-electron chi connectivity index (χ3n) is 6.52. The lowest BCUT2D eigenvalue weighted by molar-refractivity contribution is 0.0908. The zero-order chi connectivity index (χ0) is 23.7. The summed E-state index contributed by atoms with van der Waals surface area (Å²) in [6.07, 6.45) is 5.45. The Balaban J connectivity index is 1.17. The van der Waals surface area contributed by atoms with E-state index in [9.17, 15) is 9.18 Å². The van der Waals surface area contributed by atoms with Gasteiger partial charge in [-0.1, -0.05) is 12.1 Å². The number of aryl methyl sites for hydroxylation is 2. The van der Waals surface area contributed by atoms with Gasteiger partial charge in [0.15, 0.2) is 0 Å². The van der Waals surface area contributed by atoms with Crippen molar-refractivity contribution in [1.82, 2.24) is 24.6 Å². The fourth-order valence-electron chi connectivity index (χ4n) is 4.57. The molecule has 174 valence electrons. The number of carbonyl (C=O) groups excluding carboxylic acids is 1. The van der Waals surface area contributed by atoms with Gasteiger partial charge in [0.05, 0.1) is 22.6 Å². The van der Waals surface area contributed by atoms with Crippen molar-refractivity contribution in [1.29, 1.82) is 0 Å². The third-order valence-corrected chi connectivity index (χ3v) is 6.52. The van der Waals surface area contributed by atoms with Crippen LogP contribution in [0.4, 0.5) is 4.39 Å². The summed E-state index contributed by atoms with van der Waals surface area (Å²) in [5.74, 6) is -0.427. The number of aromatic nitrogens is 3. The summed E-state index contributed by atoms with van der Waals surface area (Å²) in [5.41, 5.74) is 6.33. The van der Waals surface area contributed by atoms with Gasteiger partial charge < -0.3 is 9.72 Å². The molecule has 7 heteroatoms. The van der Waals surface area contributed by atoms with Crippen molar-refractivity contribution in [3.05, 3.63) is 89.3 Å². The van der Waals surface area contributed by atoms with Crippen molar-refractivity contribution in [2.24, 2.45) is 0 Å². The van der Waals surface area contributed by atoms with E-state index in [1.54, 1.807) is 30.5 Å². The van der Waals surface area contributed by atoms with Crippen LogP contribution in [0.5, 0.6) is 0 Å². The molecule has 0 radical (unpaired) electrons. The van der Waals surface area contributed by atoms with Gasteiger partial charge in [0, 0.05) is 43.6 Å². The highest BCUT2D eigenvalue weighted by molar-refractivity contribution is 5.94. The van der Waals surface area contributed by atoms with Crippen molar-refractivity contribution < 1.29 is 9.18 Å². The normalized spacial score (nSPS) is 15.0. The molecule has 6 nitrogen and oxygen atoms in total. The van der Waals surface area contributed by atoms with E-state index < -0.39 is 0 Å². The van der Waals surface area contributed by atoms with Crippen molar-refractivity contribution in [2.45, 2.75) is 39.3 Å². The minimum atomic E-state index is -0.306. The summed E-state index contributed by atoms with van der Waals surface area (Å²) in [6, 6.07) is 14.1. The zero-order valence-electron chi connectivity index (χ0n) is 19.5. The highest BCUT2D eigenvalue weighted by atomic mass is 19.1. The van der Waals surface area contributed by atoms with Gasteiger partial charge in [0.25, 0.3) is 5.91 Å². The van der Waals surface area contributed by atoms with Crippen LogP contribution in [0.2, 0.25) is 0 Å². The van der Waals surface area contributed by atoms with Gasteiger partial charge in [-0.2, -0.15) is 0 Å². The number of hydrogen-bond acceptors (Lipinski definition) is 4. The molecular weight excluding hydrogens is 429 g/mol. The third kappa shape index (κ3) is 4.70. The van der Waals surface area contributed by atoms with Crippen LogP contribution < -0.4 is 5.32 Å². The summed E-state index contributed by atoms with van der Waals surface area (Å²) in [7, 11) is 0. The van der Waals surface area contributed by atoms with Gasteiger partial charge >= 0.3 is 0 Å². The predicted molar refractivity (Wildman–Crippen MR) is 130 cm³/mol. The topological polar surface area (TPSA) is 62.5 Å². The fourth-order valence-corrected chi connectivity index (χ4v) is 4.57. The largest absolute Gasteiger partial charge is 0.349 e. The predicted octanol–water partition coefficient (Wildman–Crippen LogP) is 4.55. The number of rotatable bonds is 5. The van der Waals surface area contributed by atoms with Crippen LogP contribution >= 0.6 is 0 Å². The molecule has 0 aliphatic carbocycles. The maximum Gasteiger partial charge on any atom is 0.253 e. The second kappa shape index (κ2) is 9.35. The number of imidazole rings is 1. The summed E-state index contributed by atoms with van der Waals surface area (Å²) in [5, 5.41) is 3.15. The number of nitrogens with zero attached hydrogens (tertiary/aromatic N) is 4. The molecule has 1 aliphatic heterocycles. The average Bonchev–Trinajstić information content (AvgIpc) is 3.14. The number of fused-ring (bicyclic) bond motifs is 1. The summed E-state index contributed by atoms with van der Waals surface area (Å²) in [6.45, 7) is 6.83. The fraction of sp³-hybridized carbons (Fsp3) is 0.296. The zero-order valence-corrected chi connectivity index (χ0v) is 19.5. The molecule has 0 unspecified atom stereocenters. The van der Waals surface area contributed by atoms with Gasteiger partial charge in [0.1, 0.15) is 11.5 Å². The Morgan fingerprint density at radius 2 is 1.94 bits per heavy atom. The summed E-state index contributed by atoms with van der Waals surface area (Å²) >= 11 is 0. The minimum absolute atomic E-state index is 0.121. The van der Waals surface area contributed by atoms with E-state index in [-0.39, 0.29) is 17.8 Å². The van der Waals surface area contributed by atoms with Gasteiger partial charge in [0.2, 0.25) is 0 Å². The molecular formula is C27H28FN5O. The Hall–Kier alpha value is -3.58. The number of halogens is 1. The second-order valence-electron chi connectivity index (χ2n) is 9.04. The summed E-state index contributed by atoms with van der Waals surface area (Å²) < 4.78 is 15.6. The molecule has 1 amide bonds. The van der Waals surface area contributed by atoms with E-state index in [2.05, 4.69) is 51.8 Å². The lowest BCUT2D eigenvalue weighted by Gasteiger charge is -2.32. The van der Waals surface area contributed by atoms with E-state index >= 15 is 0 Å². The molecule has 1 aliphatic rings. The van der Waals surface area contributed by atoms with E-state index in [0.717, 1.165) is 43.8 Å². The Morgan fingerprint density at radius 3 is 2.68 bits per heavy atom. The standard InChI is InChI=1S/C27H28FN5O/c1-18-8-13-33-25(19(2)30-26(33)14-18)17-32-11-9-23(10-12-32)31-27(34)21-6-7-24(29-16-21)20-4-3-5-22(28)15-20/h3-8,13-16,23H,9-12,17H2,1-2H3,(H,31,34). The SMILES string of the molecule is Cc1ccn2c(CN3CCC(NC(=O)c4ccc(-c5cccc(F)c5)nc4)CC3)c(C)nc2c1. The highest BCUT2D eigenvalue weighted by Gasteiger charge is 2.23. The van der Waals surface area contributed by atoms with Crippen molar-refractivity contribution in [3.8, 4) is 11.3 Å². The molecule has 1 N–H and O–H groups in total. The van der Waals surface area contributed by atoms with Crippen LogP contribution in [0.3, 0.4) is 0 Å². The monoisotopic (exact) mass is 457 g/mol. The lowest BCUT2D eigenvalue weighted by atomic mass is 10.0. The van der Waals surface area contributed by atoms with Gasteiger partial charge in [-0.05, 0) is 68.7 Å². The maximum atomic E-state index is 13.5. The van der Waals surface area contributed by atoms with E-state index in [1.165, 1.54) is 23.4 Å². The van der Waals surface area contributed by atoms with Gasteiger partial charge in [-0.25, -0.2) is 9.37 Å². The molecule has 0 spiro atoms. The molecule has 0 saturated carbocycles. The number of amides is 1. The van der Waals surface area contributed by atoms with Crippen LogP contribution in [0.25, 0.3) is 16.9 Å². The van der Waals surface area contributed by atoms with Gasteiger partial charge in [-0.15, -0.1) is 0 Å². The van der Waals surface area contributed by atoms with Crippen LogP contribution in [-0.2, 0) is 6.54 Å². The molecule has 1 aromatic carbocycles. The highest BCUT2D eigenvalue weighted by Crippen LogP contribution is 2.20. The second-order valence-corrected chi connectivity index (χ2v) is 9.04. The van der Waals surface area contributed by atoms with Crippen LogP contribution in [0, 0.1) is 19.7 Å². The molecule has 3 aromatic heterocycles. The summed E-state index contributed by atoms with van der Waals surface area (Å²) in [4.78, 5) is 24.2.